The van der Waals surface area contributed by atoms with Gasteiger partial charge in [0.1, 0.15) is 5.60 Å². The number of benzene rings is 1. The first-order valence-electron chi connectivity index (χ1n) is 7.03. The van der Waals surface area contributed by atoms with Crippen molar-refractivity contribution in [2.75, 3.05) is 6.61 Å². The van der Waals surface area contributed by atoms with Crippen molar-refractivity contribution in [3.05, 3.63) is 72.4 Å². The van der Waals surface area contributed by atoms with E-state index in [9.17, 15) is 4.79 Å². The molecule has 1 aliphatic carbocycles. The van der Waals surface area contributed by atoms with Gasteiger partial charge >= 0.3 is 0 Å². The molecule has 0 aliphatic heterocycles. The van der Waals surface area contributed by atoms with Crippen LogP contribution in [0.4, 0.5) is 0 Å². The highest BCUT2D eigenvalue weighted by Crippen LogP contribution is 2.24. The van der Waals surface area contributed by atoms with Crippen LogP contribution in [0.25, 0.3) is 0 Å². The van der Waals surface area contributed by atoms with Gasteiger partial charge in [-0.05, 0) is 24.6 Å². The summed E-state index contributed by atoms with van der Waals surface area (Å²) in [6.07, 6.45) is 13.3. The normalized spacial score (nSPS) is 21.4. The van der Waals surface area contributed by atoms with Gasteiger partial charge in [0.15, 0.2) is 5.78 Å². The Balaban J connectivity index is 2.11. The van der Waals surface area contributed by atoms with E-state index in [0.29, 0.717) is 12.2 Å². The highest BCUT2D eigenvalue weighted by molar-refractivity contribution is 6.04. The number of allylic oxidation sites excluding steroid dienone is 3. The van der Waals surface area contributed by atoms with E-state index in [1.807, 2.05) is 54.6 Å². The molecule has 0 fully saturated rings. The van der Waals surface area contributed by atoms with Crippen molar-refractivity contribution in [1.29, 1.82) is 0 Å². The zero-order valence-corrected chi connectivity index (χ0v) is 11.8. The fourth-order valence-corrected chi connectivity index (χ4v) is 2.10. The molecular weight excluding hydrogens is 248 g/mol. The summed E-state index contributed by atoms with van der Waals surface area (Å²) >= 11 is 0. The lowest BCUT2D eigenvalue weighted by Crippen LogP contribution is -2.29. The van der Waals surface area contributed by atoms with Gasteiger partial charge in [-0.15, -0.1) is 0 Å². The molecule has 2 heteroatoms. The van der Waals surface area contributed by atoms with Crippen molar-refractivity contribution < 1.29 is 9.53 Å². The highest BCUT2D eigenvalue weighted by atomic mass is 16.5. The molecule has 1 aromatic carbocycles. The summed E-state index contributed by atoms with van der Waals surface area (Å²) in [5, 5.41) is 0. The Morgan fingerprint density at radius 3 is 2.75 bits per heavy atom. The Hall–Kier alpha value is -1.93. The summed E-state index contributed by atoms with van der Waals surface area (Å²) in [6, 6.07) is 9.29. The van der Waals surface area contributed by atoms with Gasteiger partial charge < -0.3 is 4.74 Å². The standard InChI is InChI=1S/C18H20O2/c1-2-15-20-18(12-7-4-8-13-18)14-11-17(19)16-9-5-3-6-10-16/h3-12,14H,2,13,15H2,1H3. The Morgan fingerprint density at radius 2 is 2.10 bits per heavy atom. The van der Waals surface area contributed by atoms with Crippen molar-refractivity contribution in [2.24, 2.45) is 0 Å². The molecule has 1 unspecified atom stereocenters. The van der Waals surface area contributed by atoms with Crippen molar-refractivity contribution in [1.82, 2.24) is 0 Å². The summed E-state index contributed by atoms with van der Waals surface area (Å²) in [6.45, 7) is 2.76. The molecule has 0 saturated heterocycles. The van der Waals surface area contributed by atoms with Crippen molar-refractivity contribution in [3.63, 3.8) is 0 Å². The second-order valence-corrected chi connectivity index (χ2v) is 4.86. The predicted octanol–water partition coefficient (Wildman–Crippen LogP) is 4.11. The van der Waals surface area contributed by atoms with Crippen LogP contribution in [0.5, 0.6) is 0 Å². The summed E-state index contributed by atoms with van der Waals surface area (Å²) in [4.78, 5) is 12.1. The minimum Gasteiger partial charge on any atom is -0.366 e. The fourth-order valence-electron chi connectivity index (χ4n) is 2.10. The Kier molecular flexibility index (Phi) is 5.08. The third-order valence-corrected chi connectivity index (χ3v) is 3.21. The van der Waals surface area contributed by atoms with E-state index in [-0.39, 0.29) is 5.78 Å². The Morgan fingerprint density at radius 1 is 1.30 bits per heavy atom. The fraction of sp³-hybridized carbons (Fsp3) is 0.278. The third kappa shape index (κ3) is 3.78. The molecule has 0 aromatic heterocycles. The smallest absolute Gasteiger partial charge is 0.185 e. The van der Waals surface area contributed by atoms with Crippen molar-refractivity contribution >= 4 is 5.78 Å². The minimum atomic E-state index is -0.477. The van der Waals surface area contributed by atoms with Crippen LogP contribution in [0.15, 0.2) is 66.8 Å². The molecule has 2 rings (SSSR count). The van der Waals surface area contributed by atoms with E-state index in [4.69, 9.17) is 4.74 Å². The first-order valence-corrected chi connectivity index (χ1v) is 7.03. The van der Waals surface area contributed by atoms with Crippen LogP contribution in [-0.2, 0) is 4.74 Å². The van der Waals surface area contributed by atoms with Crippen LogP contribution in [-0.4, -0.2) is 18.0 Å². The Bertz CT molecular complexity index is 526. The third-order valence-electron chi connectivity index (χ3n) is 3.21. The van der Waals surface area contributed by atoms with Crippen molar-refractivity contribution in [2.45, 2.75) is 25.4 Å². The molecule has 104 valence electrons. The average molecular weight is 268 g/mol. The first-order chi connectivity index (χ1) is 9.76. The van der Waals surface area contributed by atoms with E-state index in [2.05, 4.69) is 13.0 Å². The predicted molar refractivity (Wildman–Crippen MR) is 81.8 cm³/mol. The van der Waals surface area contributed by atoms with E-state index in [1.54, 1.807) is 6.08 Å². The molecule has 1 atom stereocenters. The first kappa shape index (κ1) is 14.5. The molecule has 1 aromatic rings. The molecule has 20 heavy (non-hydrogen) atoms. The van der Waals surface area contributed by atoms with Gasteiger partial charge in [0.25, 0.3) is 0 Å². The average Bonchev–Trinajstić information content (AvgIpc) is 2.52. The van der Waals surface area contributed by atoms with E-state index in [0.717, 1.165) is 12.8 Å². The number of hydrogen-bond acceptors (Lipinski definition) is 2. The van der Waals surface area contributed by atoms with E-state index >= 15 is 0 Å². The maximum atomic E-state index is 12.1. The molecule has 0 heterocycles. The van der Waals surface area contributed by atoms with Gasteiger partial charge in [-0.3, -0.25) is 4.79 Å². The maximum absolute atomic E-state index is 12.1. The summed E-state index contributed by atoms with van der Waals surface area (Å²) in [7, 11) is 0. The molecular formula is C18H20O2. The number of carbonyl (C=O) groups is 1. The summed E-state index contributed by atoms with van der Waals surface area (Å²) in [5.41, 5.74) is 0.222. The number of ketones is 1. The molecule has 1 aliphatic rings. The van der Waals surface area contributed by atoms with Crippen LogP contribution < -0.4 is 0 Å². The molecule has 0 spiro atoms. The maximum Gasteiger partial charge on any atom is 0.185 e. The molecule has 0 bridgehead atoms. The second-order valence-electron chi connectivity index (χ2n) is 4.86. The Labute approximate surface area is 120 Å². The molecule has 0 amide bonds. The number of carbonyl (C=O) groups excluding carboxylic acids is 1. The lowest BCUT2D eigenvalue weighted by molar-refractivity contribution is 0.0291. The van der Waals surface area contributed by atoms with E-state index in [1.165, 1.54) is 0 Å². The lowest BCUT2D eigenvalue weighted by atomic mass is 9.93. The molecule has 0 radical (unpaired) electrons. The lowest BCUT2D eigenvalue weighted by Gasteiger charge is -2.28. The van der Waals surface area contributed by atoms with Crippen LogP contribution in [0.3, 0.4) is 0 Å². The largest absolute Gasteiger partial charge is 0.366 e. The van der Waals surface area contributed by atoms with Gasteiger partial charge in [-0.1, -0.05) is 55.5 Å². The van der Waals surface area contributed by atoms with Crippen molar-refractivity contribution in [3.8, 4) is 0 Å². The SMILES string of the molecule is CCCOC1(C=CC(=O)c2ccccc2)C=CC=CC1. The second kappa shape index (κ2) is 7.01. The zero-order valence-electron chi connectivity index (χ0n) is 11.8. The zero-order chi connectivity index (χ0) is 14.3. The number of rotatable bonds is 6. The van der Waals surface area contributed by atoms with Crippen LogP contribution in [0.1, 0.15) is 30.1 Å². The number of hydrogen-bond donors (Lipinski definition) is 0. The van der Waals surface area contributed by atoms with Gasteiger partial charge in [-0.2, -0.15) is 0 Å². The minimum absolute atomic E-state index is 0.00743. The summed E-state index contributed by atoms with van der Waals surface area (Å²) < 4.78 is 5.93. The molecule has 0 N–H and O–H groups in total. The molecule has 0 saturated carbocycles. The van der Waals surface area contributed by atoms with Crippen LogP contribution >= 0.6 is 0 Å². The highest BCUT2D eigenvalue weighted by Gasteiger charge is 2.24. The van der Waals surface area contributed by atoms with Gasteiger partial charge in [0.2, 0.25) is 0 Å². The van der Waals surface area contributed by atoms with Gasteiger partial charge in [-0.25, -0.2) is 0 Å². The van der Waals surface area contributed by atoms with Crippen LogP contribution in [0.2, 0.25) is 0 Å². The van der Waals surface area contributed by atoms with Gasteiger partial charge in [0, 0.05) is 18.6 Å². The van der Waals surface area contributed by atoms with E-state index < -0.39 is 5.60 Å². The topological polar surface area (TPSA) is 26.3 Å². The summed E-state index contributed by atoms with van der Waals surface area (Å²) in [5.74, 6) is 0.00743. The van der Waals surface area contributed by atoms with Crippen LogP contribution in [0, 0.1) is 0 Å². The monoisotopic (exact) mass is 268 g/mol. The molecule has 2 nitrogen and oxygen atoms in total. The quantitative estimate of drug-likeness (QED) is 0.573. The number of ether oxygens (including phenoxy) is 1. The van der Waals surface area contributed by atoms with Gasteiger partial charge in [0.05, 0.1) is 0 Å².